The standard InChI is InChI=1S/C23H25BrN4O3/c1-4-5-8-25-22(30)23(31)27-28-19-7-6-17(24)12-16(19)13-20(28)21(29)26-18-10-14(2)9-15(3)11-18/h6-7,9-13H,4-5,8H2,1-3H3,(H,25,30)(H,26,29)(H,27,31). The molecular formula is C23H25BrN4O3. The Labute approximate surface area is 189 Å². The number of fused-ring (bicyclic) bond motifs is 1. The molecule has 0 unspecified atom stereocenters. The Bertz CT molecular complexity index is 1130. The molecule has 3 amide bonds. The van der Waals surface area contributed by atoms with Gasteiger partial charge in [0.15, 0.2) is 0 Å². The fourth-order valence-corrected chi connectivity index (χ4v) is 3.71. The molecule has 162 valence electrons. The van der Waals surface area contributed by atoms with Crippen molar-refractivity contribution < 1.29 is 14.4 Å². The summed E-state index contributed by atoms with van der Waals surface area (Å²) < 4.78 is 2.18. The van der Waals surface area contributed by atoms with E-state index in [4.69, 9.17) is 0 Å². The number of aromatic nitrogens is 1. The first kappa shape index (κ1) is 22.6. The summed E-state index contributed by atoms with van der Waals surface area (Å²) in [5.74, 6) is -1.98. The smallest absolute Gasteiger partial charge is 0.328 e. The van der Waals surface area contributed by atoms with Gasteiger partial charge in [-0.25, -0.2) is 4.68 Å². The molecule has 31 heavy (non-hydrogen) atoms. The number of carbonyl (C=O) groups excluding carboxylic acids is 3. The van der Waals surface area contributed by atoms with Crippen molar-refractivity contribution in [3.8, 4) is 0 Å². The van der Waals surface area contributed by atoms with E-state index in [1.54, 1.807) is 18.2 Å². The van der Waals surface area contributed by atoms with Crippen molar-refractivity contribution in [1.82, 2.24) is 9.99 Å². The van der Waals surface area contributed by atoms with E-state index in [1.807, 2.05) is 45.0 Å². The molecule has 0 atom stereocenters. The normalized spacial score (nSPS) is 10.7. The quantitative estimate of drug-likeness (QED) is 0.360. The van der Waals surface area contributed by atoms with E-state index in [-0.39, 0.29) is 5.69 Å². The van der Waals surface area contributed by atoms with Crippen molar-refractivity contribution in [2.45, 2.75) is 33.6 Å². The topological polar surface area (TPSA) is 92.2 Å². The fourth-order valence-electron chi connectivity index (χ4n) is 3.33. The molecule has 0 fully saturated rings. The number of unbranched alkanes of at least 4 members (excludes halogenated alkanes) is 1. The number of amides is 3. The summed E-state index contributed by atoms with van der Waals surface area (Å²) in [5.41, 5.74) is 6.08. The molecule has 0 aliphatic rings. The van der Waals surface area contributed by atoms with Gasteiger partial charge in [-0.3, -0.25) is 19.8 Å². The lowest BCUT2D eigenvalue weighted by atomic mass is 10.1. The molecule has 8 heteroatoms. The highest BCUT2D eigenvalue weighted by Crippen LogP contribution is 2.24. The van der Waals surface area contributed by atoms with Crippen LogP contribution in [0.25, 0.3) is 10.9 Å². The Kier molecular flexibility index (Phi) is 7.12. The van der Waals surface area contributed by atoms with Crippen LogP contribution in [-0.4, -0.2) is 28.9 Å². The number of hydrogen-bond donors (Lipinski definition) is 3. The Morgan fingerprint density at radius 3 is 2.35 bits per heavy atom. The van der Waals surface area contributed by atoms with E-state index in [0.717, 1.165) is 33.8 Å². The van der Waals surface area contributed by atoms with E-state index < -0.39 is 17.7 Å². The molecule has 0 radical (unpaired) electrons. The van der Waals surface area contributed by atoms with Gasteiger partial charge in [0.25, 0.3) is 5.91 Å². The van der Waals surface area contributed by atoms with Crippen LogP contribution in [0, 0.1) is 13.8 Å². The van der Waals surface area contributed by atoms with E-state index in [1.165, 1.54) is 4.68 Å². The maximum atomic E-state index is 13.1. The third kappa shape index (κ3) is 5.52. The van der Waals surface area contributed by atoms with Crippen LogP contribution in [0.5, 0.6) is 0 Å². The lowest BCUT2D eigenvalue weighted by Gasteiger charge is -2.13. The molecule has 3 N–H and O–H groups in total. The van der Waals surface area contributed by atoms with Gasteiger partial charge in [-0.05, 0) is 67.8 Å². The second-order valence-corrected chi connectivity index (χ2v) is 8.36. The summed E-state index contributed by atoms with van der Waals surface area (Å²) >= 11 is 3.42. The van der Waals surface area contributed by atoms with Crippen LogP contribution in [0.3, 0.4) is 0 Å². The molecule has 1 aromatic heterocycles. The van der Waals surface area contributed by atoms with Crippen LogP contribution in [0.1, 0.15) is 41.4 Å². The molecule has 2 aromatic carbocycles. The summed E-state index contributed by atoms with van der Waals surface area (Å²) in [5, 5.41) is 6.20. The molecule has 0 aliphatic heterocycles. The molecule has 0 bridgehead atoms. The highest BCUT2D eigenvalue weighted by Gasteiger charge is 2.21. The number of benzene rings is 2. The molecule has 3 rings (SSSR count). The monoisotopic (exact) mass is 484 g/mol. The minimum atomic E-state index is -0.836. The Balaban J connectivity index is 1.92. The van der Waals surface area contributed by atoms with Gasteiger partial charge in [0.1, 0.15) is 5.69 Å². The molecule has 1 heterocycles. The van der Waals surface area contributed by atoms with Crippen molar-refractivity contribution in [2.24, 2.45) is 0 Å². The average molecular weight is 485 g/mol. The molecule has 0 saturated heterocycles. The largest absolute Gasteiger partial charge is 0.348 e. The molecule has 3 aromatic rings. The van der Waals surface area contributed by atoms with Crippen LogP contribution in [0.4, 0.5) is 5.69 Å². The Hall–Kier alpha value is -3.13. The van der Waals surface area contributed by atoms with Crippen LogP contribution in [0.15, 0.2) is 46.9 Å². The number of rotatable bonds is 6. The van der Waals surface area contributed by atoms with Gasteiger partial charge in [-0.1, -0.05) is 35.3 Å². The molecule has 7 nitrogen and oxygen atoms in total. The molecular weight excluding hydrogens is 460 g/mol. The van der Waals surface area contributed by atoms with Gasteiger partial charge in [0.05, 0.1) is 5.52 Å². The third-order valence-electron chi connectivity index (χ3n) is 4.71. The van der Waals surface area contributed by atoms with Crippen molar-refractivity contribution in [3.63, 3.8) is 0 Å². The van der Waals surface area contributed by atoms with Crippen molar-refractivity contribution in [3.05, 3.63) is 63.8 Å². The minimum Gasteiger partial charge on any atom is -0.348 e. The first-order valence-corrected chi connectivity index (χ1v) is 10.9. The van der Waals surface area contributed by atoms with Gasteiger partial charge in [-0.2, -0.15) is 0 Å². The maximum Gasteiger partial charge on any atom is 0.328 e. The highest BCUT2D eigenvalue weighted by molar-refractivity contribution is 9.10. The lowest BCUT2D eigenvalue weighted by molar-refractivity contribution is -0.136. The zero-order valence-corrected chi connectivity index (χ0v) is 19.3. The number of carbonyl (C=O) groups is 3. The van der Waals surface area contributed by atoms with E-state index >= 15 is 0 Å². The molecule has 0 spiro atoms. The Morgan fingerprint density at radius 2 is 1.68 bits per heavy atom. The lowest BCUT2D eigenvalue weighted by Crippen LogP contribution is -2.40. The predicted molar refractivity (Wildman–Crippen MR) is 126 cm³/mol. The van der Waals surface area contributed by atoms with Crippen LogP contribution in [-0.2, 0) is 9.59 Å². The predicted octanol–water partition coefficient (Wildman–Crippen LogP) is 4.26. The number of nitrogens with zero attached hydrogens (tertiary/aromatic N) is 1. The SMILES string of the molecule is CCCCNC(=O)C(=O)Nn1c(C(=O)Nc2cc(C)cc(C)c2)cc2cc(Br)ccc21. The summed E-state index contributed by atoms with van der Waals surface area (Å²) in [6.07, 6.45) is 1.69. The van der Waals surface area contributed by atoms with Crippen molar-refractivity contribution >= 4 is 50.2 Å². The third-order valence-corrected chi connectivity index (χ3v) is 5.20. The van der Waals surface area contributed by atoms with Gasteiger partial charge >= 0.3 is 11.8 Å². The van der Waals surface area contributed by atoms with Crippen molar-refractivity contribution in [2.75, 3.05) is 17.3 Å². The second-order valence-electron chi connectivity index (χ2n) is 7.45. The molecule has 0 aliphatic carbocycles. The van der Waals surface area contributed by atoms with Crippen LogP contribution in [0.2, 0.25) is 0 Å². The van der Waals surface area contributed by atoms with Gasteiger partial charge in [0.2, 0.25) is 0 Å². The summed E-state index contributed by atoms with van der Waals surface area (Å²) in [4.78, 5) is 37.7. The highest BCUT2D eigenvalue weighted by atomic mass is 79.9. The van der Waals surface area contributed by atoms with E-state index in [0.29, 0.717) is 17.7 Å². The van der Waals surface area contributed by atoms with Gasteiger partial charge in [-0.15, -0.1) is 0 Å². The number of anilines is 1. The number of halogens is 1. The first-order chi connectivity index (χ1) is 14.8. The summed E-state index contributed by atoms with van der Waals surface area (Å²) in [6.45, 7) is 6.32. The van der Waals surface area contributed by atoms with E-state index in [2.05, 4.69) is 32.0 Å². The van der Waals surface area contributed by atoms with Gasteiger partial charge < -0.3 is 10.6 Å². The number of hydrogen-bond acceptors (Lipinski definition) is 3. The summed E-state index contributed by atoms with van der Waals surface area (Å²) in [7, 11) is 0. The number of nitrogens with one attached hydrogen (secondary N) is 3. The maximum absolute atomic E-state index is 13.1. The average Bonchev–Trinajstić information content (AvgIpc) is 3.04. The van der Waals surface area contributed by atoms with Crippen LogP contribution < -0.4 is 16.1 Å². The fraction of sp³-hybridized carbons (Fsp3) is 0.261. The van der Waals surface area contributed by atoms with Gasteiger partial charge in [0, 0.05) is 22.1 Å². The Morgan fingerprint density at radius 1 is 0.968 bits per heavy atom. The minimum absolute atomic E-state index is 0.210. The molecule has 0 saturated carbocycles. The zero-order chi connectivity index (χ0) is 22.5. The second kappa shape index (κ2) is 9.78. The van der Waals surface area contributed by atoms with Crippen LogP contribution >= 0.6 is 15.9 Å². The van der Waals surface area contributed by atoms with E-state index in [9.17, 15) is 14.4 Å². The zero-order valence-electron chi connectivity index (χ0n) is 17.7. The summed E-state index contributed by atoms with van der Waals surface area (Å²) in [6, 6.07) is 12.8. The van der Waals surface area contributed by atoms with Crippen molar-refractivity contribution in [1.29, 1.82) is 0 Å². The first-order valence-electron chi connectivity index (χ1n) is 10.1. The number of aryl methyl sites for hydroxylation is 2.